The standard InChI is InChI=1S/C19H12Cl4N4O4/c20-7-1-3-9(11(22)5-7)13-19(15(28)26-18(31)27-16(19)29)14(25-17(30)24-13)10-4-2-8(21)6-12(10)23/h1-6,13-14H,(H2,24,25,30)(H2,26,27,28,29,31). The van der Waals surface area contributed by atoms with Crippen LogP contribution in [0.15, 0.2) is 36.4 Å². The van der Waals surface area contributed by atoms with E-state index in [0.29, 0.717) is 10.0 Å². The van der Waals surface area contributed by atoms with Gasteiger partial charge < -0.3 is 10.6 Å². The second-order valence-corrected chi connectivity index (χ2v) is 8.61. The number of benzene rings is 2. The van der Waals surface area contributed by atoms with Crippen molar-refractivity contribution in [3.05, 3.63) is 67.6 Å². The van der Waals surface area contributed by atoms with Crippen LogP contribution in [0.25, 0.3) is 0 Å². The molecular weight excluding hydrogens is 490 g/mol. The van der Waals surface area contributed by atoms with Crippen molar-refractivity contribution in [1.82, 2.24) is 21.3 Å². The maximum atomic E-state index is 13.3. The van der Waals surface area contributed by atoms with Gasteiger partial charge in [0.2, 0.25) is 11.8 Å². The van der Waals surface area contributed by atoms with Crippen molar-refractivity contribution in [3.8, 4) is 0 Å². The molecule has 6 amide bonds. The van der Waals surface area contributed by atoms with Gasteiger partial charge in [-0.2, -0.15) is 0 Å². The average molecular weight is 502 g/mol. The molecule has 2 aliphatic rings. The molecule has 4 N–H and O–H groups in total. The predicted octanol–water partition coefficient (Wildman–Crippen LogP) is 3.75. The van der Waals surface area contributed by atoms with Crippen molar-refractivity contribution in [2.45, 2.75) is 12.1 Å². The first-order valence-corrected chi connectivity index (χ1v) is 10.3. The fourth-order valence-corrected chi connectivity index (χ4v) is 4.92. The predicted molar refractivity (Wildman–Crippen MR) is 114 cm³/mol. The average Bonchev–Trinajstić information content (AvgIpc) is 2.66. The van der Waals surface area contributed by atoms with Gasteiger partial charge in [0.25, 0.3) is 0 Å². The molecule has 2 aliphatic heterocycles. The Balaban J connectivity index is 2.00. The van der Waals surface area contributed by atoms with Crippen molar-refractivity contribution < 1.29 is 19.2 Å². The Labute approximate surface area is 195 Å². The Bertz CT molecular complexity index is 1070. The number of hydrogen-bond donors (Lipinski definition) is 4. The molecule has 31 heavy (non-hydrogen) atoms. The van der Waals surface area contributed by atoms with Crippen molar-refractivity contribution in [2.24, 2.45) is 5.41 Å². The topological polar surface area (TPSA) is 116 Å². The zero-order chi connectivity index (χ0) is 22.5. The van der Waals surface area contributed by atoms with E-state index in [0.717, 1.165) is 0 Å². The summed E-state index contributed by atoms with van der Waals surface area (Å²) < 4.78 is 0. The Morgan fingerprint density at radius 1 is 0.645 bits per heavy atom. The molecular formula is C19H12Cl4N4O4. The summed E-state index contributed by atoms with van der Waals surface area (Å²) >= 11 is 24.7. The summed E-state index contributed by atoms with van der Waals surface area (Å²) in [5, 5.41) is 10.2. The minimum Gasteiger partial charge on any atom is -0.330 e. The Hall–Kier alpha value is -2.52. The molecule has 2 aromatic rings. The molecule has 12 heteroatoms. The van der Waals surface area contributed by atoms with E-state index in [-0.39, 0.29) is 21.2 Å². The molecule has 2 fully saturated rings. The summed E-state index contributed by atoms with van der Waals surface area (Å²) in [5.74, 6) is -1.89. The first-order valence-electron chi connectivity index (χ1n) is 8.78. The van der Waals surface area contributed by atoms with Gasteiger partial charge in [-0.05, 0) is 35.4 Å². The van der Waals surface area contributed by atoms with Crippen LogP contribution in [0.5, 0.6) is 0 Å². The summed E-state index contributed by atoms with van der Waals surface area (Å²) in [4.78, 5) is 51.0. The van der Waals surface area contributed by atoms with E-state index in [2.05, 4.69) is 21.3 Å². The number of carbonyl (C=O) groups is 4. The molecule has 1 spiro atoms. The zero-order valence-corrected chi connectivity index (χ0v) is 18.3. The third-order valence-electron chi connectivity index (χ3n) is 5.21. The highest BCUT2D eigenvalue weighted by atomic mass is 35.5. The van der Waals surface area contributed by atoms with Crippen molar-refractivity contribution in [2.75, 3.05) is 0 Å². The van der Waals surface area contributed by atoms with E-state index in [1.807, 2.05) is 0 Å². The molecule has 160 valence electrons. The second kappa shape index (κ2) is 7.87. The first-order chi connectivity index (χ1) is 14.6. The number of amides is 6. The van der Waals surface area contributed by atoms with Crippen LogP contribution in [0.3, 0.4) is 0 Å². The smallest absolute Gasteiger partial charge is 0.328 e. The second-order valence-electron chi connectivity index (χ2n) is 6.92. The van der Waals surface area contributed by atoms with Gasteiger partial charge in [0.05, 0.1) is 12.1 Å². The van der Waals surface area contributed by atoms with Gasteiger partial charge in [0.1, 0.15) is 0 Å². The highest BCUT2D eigenvalue weighted by Gasteiger charge is 2.64. The molecule has 8 nitrogen and oxygen atoms in total. The van der Waals surface area contributed by atoms with E-state index in [1.54, 1.807) is 0 Å². The first kappa shape index (κ1) is 21.7. The lowest BCUT2D eigenvalue weighted by atomic mass is 9.65. The molecule has 0 bridgehead atoms. The lowest BCUT2D eigenvalue weighted by molar-refractivity contribution is -0.150. The van der Waals surface area contributed by atoms with Gasteiger partial charge >= 0.3 is 12.1 Å². The summed E-state index contributed by atoms with van der Waals surface area (Å²) in [6.45, 7) is 0. The third-order valence-corrected chi connectivity index (χ3v) is 6.34. The lowest BCUT2D eigenvalue weighted by Gasteiger charge is -2.48. The number of imide groups is 2. The van der Waals surface area contributed by atoms with Crippen LogP contribution in [-0.2, 0) is 9.59 Å². The fourth-order valence-electron chi connectivity index (χ4n) is 3.89. The number of carbonyl (C=O) groups excluding carboxylic acids is 4. The number of rotatable bonds is 2. The van der Waals surface area contributed by atoms with Gasteiger partial charge in [-0.3, -0.25) is 20.2 Å². The molecule has 2 saturated heterocycles. The fraction of sp³-hybridized carbons (Fsp3) is 0.158. The third kappa shape index (κ3) is 3.49. The van der Waals surface area contributed by atoms with E-state index in [4.69, 9.17) is 46.4 Å². The minimum absolute atomic E-state index is 0.109. The molecule has 0 radical (unpaired) electrons. The Kier molecular flexibility index (Phi) is 5.51. The molecule has 0 aliphatic carbocycles. The van der Waals surface area contributed by atoms with Crippen LogP contribution in [0.1, 0.15) is 23.2 Å². The van der Waals surface area contributed by atoms with E-state index < -0.39 is 41.4 Å². The van der Waals surface area contributed by atoms with Crippen LogP contribution in [-0.4, -0.2) is 23.9 Å². The number of barbiturate groups is 1. The number of urea groups is 2. The normalized spacial score (nSPS) is 22.5. The molecule has 4 rings (SSSR count). The van der Waals surface area contributed by atoms with Crippen molar-refractivity contribution in [1.29, 1.82) is 0 Å². The van der Waals surface area contributed by atoms with Crippen LogP contribution in [0.4, 0.5) is 9.59 Å². The summed E-state index contributed by atoms with van der Waals surface area (Å²) in [6, 6.07) is 4.59. The van der Waals surface area contributed by atoms with Gasteiger partial charge in [-0.1, -0.05) is 58.5 Å². The monoisotopic (exact) mass is 500 g/mol. The molecule has 2 heterocycles. The Morgan fingerprint density at radius 3 is 1.45 bits per heavy atom. The number of halogens is 4. The van der Waals surface area contributed by atoms with Crippen LogP contribution in [0.2, 0.25) is 20.1 Å². The van der Waals surface area contributed by atoms with Gasteiger partial charge in [-0.15, -0.1) is 0 Å². The van der Waals surface area contributed by atoms with Gasteiger partial charge in [0, 0.05) is 20.1 Å². The van der Waals surface area contributed by atoms with Crippen LogP contribution in [0, 0.1) is 5.41 Å². The molecule has 2 unspecified atom stereocenters. The van der Waals surface area contributed by atoms with Crippen LogP contribution >= 0.6 is 46.4 Å². The van der Waals surface area contributed by atoms with E-state index >= 15 is 0 Å². The van der Waals surface area contributed by atoms with Gasteiger partial charge in [-0.25, -0.2) is 9.59 Å². The summed E-state index contributed by atoms with van der Waals surface area (Å²) in [6.07, 6.45) is 0. The summed E-state index contributed by atoms with van der Waals surface area (Å²) in [5.41, 5.74) is -1.58. The maximum Gasteiger partial charge on any atom is 0.328 e. The molecule has 0 aromatic heterocycles. The highest BCUT2D eigenvalue weighted by molar-refractivity contribution is 6.36. The minimum atomic E-state index is -2.07. The number of nitrogens with one attached hydrogen (secondary N) is 4. The van der Waals surface area contributed by atoms with E-state index in [1.165, 1.54) is 36.4 Å². The van der Waals surface area contributed by atoms with Crippen molar-refractivity contribution >= 4 is 70.3 Å². The molecule has 2 aromatic carbocycles. The largest absolute Gasteiger partial charge is 0.330 e. The SMILES string of the molecule is O=C1NC(=O)C2(C(=O)N1)C(c1ccc(Cl)cc1Cl)NC(=O)NC2c1ccc(Cl)cc1Cl. The molecule has 2 atom stereocenters. The summed E-state index contributed by atoms with van der Waals surface area (Å²) in [7, 11) is 0. The number of hydrogen-bond acceptors (Lipinski definition) is 4. The quantitative estimate of drug-likeness (QED) is 0.469. The molecule has 0 saturated carbocycles. The highest BCUT2D eigenvalue weighted by Crippen LogP contribution is 2.51. The van der Waals surface area contributed by atoms with Crippen molar-refractivity contribution in [3.63, 3.8) is 0 Å². The maximum absolute atomic E-state index is 13.3. The van der Waals surface area contributed by atoms with Crippen LogP contribution < -0.4 is 21.3 Å². The zero-order valence-electron chi connectivity index (χ0n) is 15.3. The lowest BCUT2D eigenvalue weighted by Crippen LogP contribution is -2.73. The van der Waals surface area contributed by atoms with Gasteiger partial charge in [0.15, 0.2) is 5.41 Å². The van der Waals surface area contributed by atoms with E-state index in [9.17, 15) is 19.2 Å². The Morgan fingerprint density at radius 2 is 1.06 bits per heavy atom.